The predicted octanol–water partition coefficient (Wildman–Crippen LogP) is 1.67. The summed E-state index contributed by atoms with van der Waals surface area (Å²) in [5.74, 6) is -0.877. The predicted molar refractivity (Wildman–Crippen MR) is 54.4 cm³/mol. The normalized spacial score (nSPS) is 10.1. The number of hydrogen-bond acceptors (Lipinski definition) is 2. The van der Waals surface area contributed by atoms with Gasteiger partial charge in [0.2, 0.25) is 0 Å². The van der Waals surface area contributed by atoms with Crippen molar-refractivity contribution in [2.24, 2.45) is 0 Å². The van der Waals surface area contributed by atoms with Gasteiger partial charge in [0.15, 0.2) is 0 Å². The van der Waals surface area contributed by atoms with Crippen LogP contribution < -0.4 is 0 Å². The number of fused-ring (bicyclic) bond motifs is 1. The molecule has 0 aliphatic heterocycles. The van der Waals surface area contributed by atoms with Crippen molar-refractivity contribution < 1.29 is 9.90 Å². The van der Waals surface area contributed by atoms with Crippen molar-refractivity contribution in [1.29, 1.82) is 5.26 Å². The molecule has 0 saturated carbocycles. The molecule has 0 radical (unpaired) electrons. The maximum Gasteiger partial charge on any atom is 0.307 e. The van der Waals surface area contributed by atoms with Crippen LogP contribution in [0.2, 0.25) is 0 Å². The van der Waals surface area contributed by atoms with Gasteiger partial charge in [-0.3, -0.25) is 4.79 Å². The van der Waals surface area contributed by atoms with Crippen molar-refractivity contribution >= 4 is 16.9 Å². The van der Waals surface area contributed by atoms with Crippen LogP contribution in [0.3, 0.4) is 0 Å². The molecule has 0 aliphatic carbocycles. The minimum atomic E-state index is -0.877. The average Bonchev–Trinajstić information content (AvgIpc) is 2.61. The second-order valence-electron chi connectivity index (χ2n) is 3.22. The minimum Gasteiger partial charge on any atom is -0.481 e. The van der Waals surface area contributed by atoms with Crippen molar-refractivity contribution in [1.82, 2.24) is 4.98 Å². The molecule has 1 aromatic heterocycles. The topological polar surface area (TPSA) is 76.9 Å². The molecule has 0 atom stereocenters. The number of carboxylic acid groups (broad SMARTS) is 1. The van der Waals surface area contributed by atoms with Crippen molar-refractivity contribution in [3.63, 3.8) is 0 Å². The van der Waals surface area contributed by atoms with Crippen LogP contribution in [0.25, 0.3) is 10.9 Å². The molecule has 2 aromatic rings. The number of nitriles is 1. The van der Waals surface area contributed by atoms with E-state index in [4.69, 9.17) is 10.4 Å². The van der Waals surface area contributed by atoms with Gasteiger partial charge in [-0.05, 0) is 11.6 Å². The fourth-order valence-electron chi connectivity index (χ4n) is 1.61. The van der Waals surface area contributed by atoms with Gasteiger partial charge in [0, 0.05) is 11.6 Å². The summed E-state index contributed by atoms with van der Waals surface area (Å²) in [6.45, 7) is 0. The number of carboxylic acids is 1. The molecule has 0 amide bonds. The third-order valence-electron chi connectivity index (χ3n) is 2.26. The first kappa shape index (κ1) is 9.28. The number of aromatic nitrogens is 1. The van der Waals surface area contributed by atoms with Gasteiger partial charge in [0.05, 0.1) is 17.5 Å². The zero-order chi connectivity index (χ0) is 10.8. The van der Waals surface area contributed by atoms with Gasteiger partial charge < -0.3 is 10.1 Å². The lowest BCUT2D eigenvalue weighted by Crippen LogP contribution is -1.98. The molecular formula is C11H8N2O2. The van der Waals surface area contributed by atoms with E-state index in [0.717, 1.165) is 5.39 Å². The molecule has 74 valence electrons. The molecule has 4 heteroatoms. The molecule has 0 bridgehead atoms. The highest BCUT2D eigenvalue weighted by Gasteiger charge is 2.09. The number of aromatic amines is 1. The van der Waals surface area contributed by atoms with E-state index in [0.29, 0.717) is 16.6 Å². The summed E-state index contributed by atoms with van der Waals surface area (Å²) >= 11 is 0. The minimum absolute atomic E-state index is 0.0329. The van der Waals surface area contributed by atoms with E-state index in [1.165, 1.54) is 0 Å². The molecule has 0 unspecified atom stereocenters. The lowest BCUT2D eigenvalue weighted by molar-refractivity contribution is -0.136. The Kier molecular flexibility index (Phi) is 2.14. The molecule has 2 rings (SSSR count). The average molecular weight is 200 g/mol. The number of nitrogens with one attached hydrogen (secondary N) is 1. The fourth-order valence-corrected chi connectivity index (χ4v) is 1.61. The smallest absolute Gasteiger partial charge is 0.307 e. The highest BCUT2D eigenvalue weighted by Crippen LogP contribution is 2.21. The largest absolute Gasteiger partial charge is 0.481 e. The third-order valence-corrected chi connectivity index (χ3v) is 2.26. The van der Waals surface area contributed by atoms with Crippen LogP contribution in [0.5, 0.6) is 0 Å². The first-order chi connectivity index (χ1) is 7.22. The molecule has 0 saturated heterocycles. The van der Waals surface area contributed by atoms with Crippen molar-refractivity contribution in [3.05, 3.63) is 35.5 Å². The van der Waals surface area contributed by atoms with Gasteiger partial charge in [-0.15, -0.1) is 0 Å². The van der Waals surface area contributed by atoms with Crippen molar-refractivity contribution in [2.75, 3.05) is 0 Å². The molecule has 1 aromatic carbocycles. The molecular weight excluding hydrogens is 192 g/mol. The van der Waals surface area contributed by atoms with Crippen LogP contribution in [-0.4, -0.2) is 16.1 Å². The van der Waals surface area contributed by atoms with Gasteiger partial charge >= 0.3 is 5.97 Å². The first-order valence-electron chi connectivity index (χ1n) is 4.43. The third kappa shape index (κ3) is 1.55. The standard InChI is InChI=1S/C11H8N2O2/c12-5-7-2-1-3-9-8(4-10(14)15)6-13-11(7)9/h1-3,6,13H,4H2,(H,14,15). The van der Waals surface area contributed by atoms with Crippen LogP contribution in [0.1, 0.15) is 11.1 Å². The number of rotatable bonds is 2. The first-order valence-corrected chi connectivity index (χ1v) is 4.43. The summed E-state index contributed by atoms with van der Waals surface area (Å²) in [6, 6.07) is 7.32. The maximum atomic E-state index is 10.6. The Labute approximate surface area is 85.8 Å². The SMILES string of the molecule is N#Cc1cccc2c(CC(=O)O)c[nH]c12. The number of carbonyl (C=O) groups is 1. The lowest BCUT2D eigenvalue weighted by Gasteiger charge is -1.95. The summed E-state index contributed by atoms with van der Waals surface area (Å²) in [6.07, 6.45) is 1.61. The van der Waals surface area contributed by atoms with Gasteiger partial charge in [0.1, 0.15) is 6.07 Å². The molecule has 1 heterocycles. The van der Waals surface area contributed by atoms with E-state index in [1.807, 2.05) is 6.07 Å². The zero-order valence-electron chi connectivity index (χ0n) is 7.82. The number of hydrogen-bond donors (Lipinski definition) is 2. The van der Waals surface area contributed by atoms with E-state index < -0.39 is 5.97 Å². The second-order valence-corrected chi connectivity index (χ2v) is 3.22. The van der Waals surface area contributed by atoms with E-state index in [-0.39, 0.29) is 6.42 Å². The summed E-state index contributed by atoms with van der Waals surface area (Å²) in [4.78, 5) is 13.5. The highest BCUT2D eigenvalue weighted by molar-refractivity contribution is 5.90. The maximum absolute atomic E-state index is 10.6. The Balaban J connectivity index is 2.62. The molecule has 15 heavy (non-hydrogen) atoms. The summed E-state index contributed by atoms with van der Waals surface area (Å²) in [5, 5.41) is 18.3. The summed E-state index contributed by atoms with van der Waals surface area (Å²) < 4.78 is 0. The Morgan fingerprint density at radius 1 is 1.53 bits per heavy atom. The van der Waals surface area contributed by atoms with E-state index in [2.05, 4.69) is 11.1 Å². The highest BCUT2D eigenvalue weighted by atomic mass is 16.4. The van der Waals surface area contributed by atoms with Crippen molar-refractivity contribution in [3.8, 4) is 6.07 Å². The van der Waals surface area contributed by atoms with Crippen LogP contribution in [0.15, 0.2) is 24.4 Å². The number of nitrogens with zero attached hydrogens (tertiary/aromatic N) is 1. The van der Waals surface area contributed by atoms with Crippen LogP contribution in [-0.2, 0) is 11.2 Å². The summed E-state index contributed by atoms with van der Waals surface area (Å²) in [7, 11) is 0. The molecule has 2 N–H and O–H groups in total. The Morgan fingerprint density at radius 3 is 3.00 bits per heavy atom. The van der Waals surface area contributed by atoms with E-state index in [1.54, 1.807) is 18.3 Å². The van der Waals surface area contributed by atoms with Gasteiger partial charge in [-0.2, -0.15) is 5.26 Å². The fraction of sp³-hybridized carbons (Fsp3) is 0.0909. The van der Waals surface area contributed by atoms with Crippen molar-refractivity contribution in [2.45, 2.75) is 6.42 Å². The van der Waals surface area contributed by atoms with E-state index >= 15 is 0 Å². The van der Waals surface area contributed by atoms with Crippen LogP contribution in [0, 0.1) is 11.3 Å². The Hall–Kier alpha value is -2.28. The second kappa shape index (κ2) is 3.46. The number of benzene rings is 1. The number of para-hydroxylation sites is 1. The molecule has 4 nitrogen and oxygen atoms in total. The lowest BCUT2D eigenvalue weighted by atomic mass is 10.1. The molecule has 0 aliphatic rings. The van der Waals surface area contributed by atoms with Crippen LogP contribution >= 0.6 is 0 Å². The number of aliphatic carboxylic acids is 1. The van der Waals surface area contributed by atoms with E-state index in [9.17, 15) is 4.79 Å². The molecule has 0 fully saturated rings. The Bertz CT molecular complexity index is 563. The van der Waals surface area contributed by atoms with Gasteiger partial charge in [-0.1, -0.05) is 12.1 Å². The number of H-pyrrole nitrogens is 1. The Morgan fingerprint density at radius 2 is 2.33 bits per heavy atom. The monoisotopic (exact) mass is 200 g/mol. The molecule has 0 spiro atoms. The zero-order valence-corrected chi connectivity index (χ0v) is 7.82. The van der Waals surface area contributed by atoms with Gasteiger partial charge in [-0.25, -0.2) is 0 Å². The summed E-state index contributed by atoms with van der Waals surface area (Å²) in [5.41, 5.74) is 1.94. The van der Waals surface area contributed by atoms with Gasteiger partial charge in [0.25, 0.3) is 0 Å². The van der Waals surface area contributed by atoms with Crippen LogP contribution in [0.4, 0.5) is 0 Å². The quantitative estimate of drug-likeness (QED) is 0.774.